The van der Waals surface area contributed by atoms with Crippen molar-refractivity contribution < 1.29 is 14.3 Å². The smallest absolute Gasteiger partial charge is 0.314 e. The molecule has 1 aliphatic heterocycles. The average molecular weight is 245 g/mol. The van der Waals surface area contributed by atoms with Gasteiger partial charge in [0, 0.05) is 13.1 Å². The maximum atomic E-state index is 11.8. The van der Waals surface area contributed by atoms with Crippen LogP contribution in [0.1, 0.15) is 17.0 Å². The van der Waals surface area contributed by atoms with Crippen molar-refractivity contribution in [3.8, 4) is 0 Å². The van der Waals surface area contributed by atoms with Crippen LogP contribution in [0.15, 0.2) is 36.9 Å². The van der Waals surface area contributed by atoms with Crippen molar-refractivity contribution in [2.24, 2.45) is 0 Å². The second-order valence-corrected chi connectivity index (χ2v) is 4.20. The van der Waals surface area contributed by atoms with Crippen LogP contribution in [0.25, 0.3) is 0 Å². The summed E-state index contributed by atoms with van der Waals surface area (Å²) >= 11 is 0. The summed E-state index contributed by atoms with van der Waals surface area (Å²) in [5.41, 5.74) is 1.92. The van der Waals surface area contributed by atoms with Gasteiger partial charge in [-0.15, -0.1) is 0 Å². The van der Waals surface area contributed by atoms with E-state index in [2.05, 4.69) is 6.58 Å². The van der Waals surface area contributed by atoms with Gasteiger partial charge in [0.05, 0.1) is 13.0 Å². The van der Waals surface area contributed by atoms with Gasteiger partial charge in [0.1, 0.15) is 0 Å². The summed E-state index contributed by atoms with van der Waals surface area (Å²) < 4.78 is 4.81. The van der Waals surface area contributed by atoms with Crippen LogP contribution in [0.5, 0.6) is 0 Å². The fourth-order valence-corrected chi connectivity index (χ4v) is 2.25. The molecule has 0 aromatic heterocycles. The molecule has 94 valence electrons. The fraction of sp³-hybridized carbons (Fsp3) is 0.286. The highest BCUT2D eigenvalue weighted by Crippen LogP contribution is 2.29. The summed E-state index contributed by atoms with van der Waals surface area (Å²) in [4.78, 5) is 25.1. The van der Waals surface area contributed by atoms with Gasteiger partial charge in [0.15, 0.2) is 0 Å². The monoisotopic (exact) mass is 245 g/mol. The number of esters is 1. The third kappa shape index (κ3) is 2.14. The minimum absolute atomic E-state index is 0.168. The number of methoxy groups -OCH3 is 1. The second kappa shape index (κ2) is 5.04. The Morgan fingerprint density at radius 1 is 1.44 bits per heavy atom. The summed E-state index contributed by atoms with van der Waals surface area (Å²) in [7, 11) is 1.36. The largest absolute Gasteiger partial charge is 0.468 e. The Hall–Kier alpha value is -2.10. The number of hydrogen-bond acceptors (Lipinski definition) is 3. The third-order valence-corrected chi connectivity index (χ3v) is 3.17. The Bertz CT molecular complexity index is 496. The molecular formula is C14H15NO3. The molecule has 1 aliphatic rings. The van der Waals surface area contributed by atoms with Gasteiger partial charge in [-0.1, -0.05) is 30.8 Å². The lowest BCUT2D eigenvalue weighted by Gasteiger charge is -2.32. The number of ether oxygens (including phenoxy) is 1. The summed E-state index contributed by atoms with van der Waals surface area (Å²) in [5, 5.41) is 0. The molecule has 1 heterocycles. The molecule has 0 N–H and O–H groups in total. The van der Waals surface area contributed by atoms with Crippen molar-refractivity contribution in [3.63, 3.8) is 0 Å². The van der Waals surface area contributed by atoms with Crippen LogP contribution >= 0.6 is 0 Å². The van der Waals surface area contributed by atoms with E-state index in [-0.39, 0.29) is 11.9 Å². The Morgan fingerprint density at radius 2 is 2.17 bits per heavy atom. The molecule has 0 saturated carbocycles. The van der Waals surface area contributed by atoms with Crippen molar-refractivity contribution >= 4 is 11.9 Å². The lowest BCUT2D eigenvalue weighted by molar-refractivity contribution is -0.144. The Kier molecular flexibility index (Phi) is 3.46. The van der Waals surface area contributed by atoms with Gasteiger partial charge >= 0.3 is 5.97 Å². The van der Waals surface area contributed by atoms with Gasteiger partial charge in [0.25, 0.3) is 0 Å². The maximum absolute atomic E-state index is 11.8. The van der Waals surface area contributed by atoms with Gasteiger partial charge in [-0.3, -0.25) is 9.59 Å². The first-order chi connectivity index (χ1) is 8.67. The molecule has 1 aromatic carbocycles. The first kappa shape index (κ1) is 12.4. The van der Waals surface area contributed by atoms with E-state index in [1.165, 1.54) is 13.2 Å². The van der Waals surface area contributed by atoms with Gasteiger partial charge < -0.3 is 9.64 Å². The van der Waals surface area contributed by atoms with E-state index >= 15 is 0 Å². The molecule has 0 saturated heterocycles. The van der Waals surface area contributed by atoms with Gasteiger partial charge in [0.2, 0.25) is 5.91 Å². The predicted molar refractivity (Wildman–Crippen MR) is 66.8 cm³/mol. The minimum Gasteiger partial charge on any atom is -0.468 e. The molecule has 0 fully saturated rings. The van der Waals surface area contributed by atoms with Crippen LogP contribution in [-0.4, -0.2) is 30.4 Å². The third-order valence-electron chi connectivity index (χ3n) is 3.17. The summed E-state index contributed by atoms with van der Waals surface area (Å²) in [6, 6.07) is 7.62. The Labute approximate surface area is 106 Å². The quantitative estimate of drug-likeness (QED) is 0.585. The van der Waals surface area contributed by atoms with E-state index in [1.807, 2.05) is 24.3 Å². The first-order valence-electron chi connectivity index (χ1n) is 5.74. The molecule has 2 rings (SSSR count). The van der Waals surface area contributed by atoms with Gasteiger partial charge in [-0.2, -0.15) is 0 Å². The summed E-state index contributed by atoms with van der Waals surface area (Å²) in [5.74, 6) is -0.897. The number of hydrogen-bond donors (Lipinski definition) is 0. The highest BCUT2D eigenvalue weighted by molar-refractivity contribution is 5.88. The predicted octanol–water partition coefficient (Wildman–Crippen LogP) is 1.47. The number of benzene rings is 1. The van der Waals surface area contributed by atoms with Crippen LogP contribution in [0.3, 0.4) is 0 Å². The normalized spacial score (nSPS) is 17.8. The Morgan fingerprint density at radius 3 is 2.83 bits per heavy atom. The zero-order valence-corrected chi connectivity index (χ0v) is 10.3. The average Bonchev–Trinajstić information content (AvgIpc) is 2.44. The zero-order valence-electron chi connectivity index (χ0n) is 10.3. The maximum Gasteiger partial charge on any atom is 0.314 e. The minimum atomic E-state index is -0.413. The number of amides is 1. The molecule has 18 heavy (non-hydrogen) atoms. The second-order valence-electron chi connectivity index (χ2n) is 4.20. The van der Waals surface area contributed by atoms with Crippen LogP contribution in [0.2, 0.25) is 0 Å². The lowest BCUT2D eigenvalue weighted by Crippen LogP contribution is -2.40. The number of rotatable bonds is 2. The molecular weight excluding hydrogens is 230 g/mol. The van der Waals surface area contributed by atoms with Crippen molar-refractivity contribution in [1.29, 1.82) is 0 Å². The highest BCUT2D eigenvalue weighted by atomic mass is 16.5. The van der Waals surface area contributed by atoms with Crippen LogP contribution in [0, 0.1) is 0 Å². The van der Waals surface area contributed by atoms with E-state index in [4.69, 9.17) is 4.74 Å². The molecule has 0 radical (unpaired) electrons. The standard InChI is InChI=1S/C14H15NO3/c1-3-13(16)15-8-10-6-4-5-7-11(10)12(9-15)14(17)18-2/h3-7,12H,1,8-9H2,2H3/t12-/m1/s1. The summed E-state index contributed by atoms with van der Waals surface area (Å²) in [6.07, 6.45) is 1.27. The lowest BCUT2D eigenvalue weighted by atomic mass is 9.89. The SMILES string of the molecule is C=CC(=O)N1Cc2ccccc2[C@H](C(=O)OC)C1. The highest BCUT2D eigenvalue weighted by Gasteiger charge is 2.32. The number of fused-ring (bicyclic) bond motifs is 1. The van der Waals surface area contributed by atoms with E-state index < -0.39 is 5.92 Å². The van der Waals surface area contributed by atoms with E-state index in [9.17, 15) is 9.59 Å². The molecule has 0 spiro atoms. The molecule has 1 aromatic rings. The van der Waals surface area contributed by atoms with Gasteiger partial charge in [-0.25, -0.2) is 0 Å². The number of carbonyl (C=O) groups excluding carboxylic acids is 2. The van der Waals surface area contributed by atoms with Crippen LogP contribution in [-0.2, 0) is 20.9 Å². The van der Waals surface area contributed by atoms with Crippen LogP contribution in [0.4, 0.5) is 0 Å². The molecule has 1 amide bonds. The molecule has 0 unspecified atom stereocenters. The van der Waals surface area contributed by atoms with E-state index in [0.29, 0.717) is 13.1 Å². The Balaban J connectivity index is 2.38. The van der Waals surface area contributed by atoms with Crippen molar-refractivity contribution in [2.75, 3.05) is 13.7 Å². The van der Waals surface area contributed by atoms with Crippen LogP contribution < -0.4 is 0 Å². The van der Waals surface area contributed by atoms with Crippen molar-refractivity contribution in [2.45, 2.75) is 12.5 Å². The van der Waals surface area contributed by atoms with Gasteiger partial charge in [-0.05, 0) is 17.2 Å². The van der Waals surface area contributed by atoms with E-state index in [0.717, 1.165) is 11.1 Å². The van der Waals surface area contributed by atoms with Crippen molar-refractivity contribution in [1.82, 2.24) is 4.90 Å². The molecule has 4 heteroatoms. The number of carbonyl (C=O) groups is 2. The topological polar surface area (TPSA) is 46.6 Å². The van der Waals surface area contributed by atoms with E-state index in [1.54, 1.807) is 4.90 Å². The zero-order chi connectivity index (χ0) is 13.1. The summed E-state index contributed by atoms with van der Waals surface area (Å²) in [6.45, 7) is 4.32. The first-order valence-corrected chi connectivity index (χ1v) is 5.74. The van der Waals surface area contributed by atoms with Crippen molar-refractivity contribution in [3.05, 3.63) is 48.0 Å². The fourth-order valence-electron chi connectivity index (χ4n) is 2.25. The molecule has 4 nitrogen and oxygen atoms in total. The number of nitrogens with zero attached hydrogens (tertiary/aromatic N) is 1. The molecule has 1 atom stereocenters. The molecule has 0 aliphatic carbocycles. The molecule has 0 bridgehead atoms.